The van der Waals surface area contributed by atoms with Gasteiger partial charge in [-0.15, -0.1) is 0 Å². The minimum Gasteiger partial charge on any atom is -0.423 e. The Morgan fingerprint density at radius 2 is 1.77 bits per heavy atom. The molecule has 2 aromatic carbocycles. The van der Waals surface area contributed by atoms with E-state index in [1.807, 2.05) is 13.8 Å². The molecular weight excluding hydrogens is 366 g/mol. The van der Waals surface area contributed by atoms with Crippen molar-refractivity contribution in [2.75, 3.05) is 0 Å². The first kappa shape index (κ1) is 18.1. The van der Waals surface area contributed by atoms with Gasteiger partial charge in [0.05, 0.1) is 0 Å². The van der Waals surface area contributed by atoms with Gasteiger partial charge in [0.2, 0.25) is 0 Å². The Labute approximate surface area is 148 Å². The van der Waals surface area contributed by atoms with Crippen molar-refractivity contribution in [2.45, 2.75) is 24.7 Å². The van der Waals surface area contributed by atoms with Crippen LogP contribution in [0.5, 0.6) is 5.75 Å². The summed E-state index contributed by atoms with van der Waals surface area (Å²) < 4.78 is 61.2. The lowest BCUT2D eigenvalue weighted by Crippen LogP contribution is -2.12. The van der Waals surface area contributed by atoms with Crippen molar-refractivity contribution < 1.29 is 25.8 Å². The predicted molar refractivity (Wildman–Crippen MR) is 90.7 cm³/mol. The summed E-state index contributed by atoms with van der Waals surface area (Å²) in [6, 6.07) is 7.57. The van der Waals surface area contributed by atoms with Crippen molar-refractivity contribution in [1.29, 1.82) is 0 Å². The summed E-state index contributed by atoms with van der Waals surface area (Å²) >= 11 is 0. The van der Waals surface area contributed by atoms with Gasteiger partial charge in [-0.25, -0.2) is 13.6 Å². The molecule has 0 amide bonds. The summed E-state index contributed by atoms with van der Waals surface area (Å²) in [5.41, 5.74) is 0.314. The topological polar surface area (TPSA) is 73.6 Å². The minimum absolute atomic E-state index is 0.0467. The molecule has 5 nitrogen and oxygen atoms in total. The highest BCUT2D eigenvalue weighted by Gasteiger charge is 2.22. The van der Waals surface area contributed by atoms with E-state index in [4.69, 9.17) is 8.60 Å². The van der Waals surface area contributed by atoms with Crippen LogP contribution in [-0.2, 0) is 10.1 Å². The smallest absolute Gasteiger partial charge is 0.342 e. The van der Waals surface area contributed by atoms with Crippen molar-refractivity contribution in [3.63, 3.8) is 0 Å². The monoisotopic (exact) mass is 380 g/mol. The van der Waals surface area contributed by atoms with E-state index in [0.29, 0.717) is 11.5 Å². The van der Waals surface area contributed by atoms with Crippen molar-refractivity contribution in [1.82, 2.24) is 0 Å². The molecule has 26 heavy (non-hydrogen) atoms. The number of fused-ring (bicyclic) bond motifs is 1. The maximum atomic E-state index is 13.7. The molecule has 3 aromatic rings. The third-order valence-electron chi connectivity index (χ3n) is 3.74. The van der Waals surface area contributed by atoms with E-state index in [1.165, 1.54) is 18.2 Å². The van der Waals surface area contributed by atoms with Crippen LogP contribution in [0, 0.1) is 11.6 Å². The van der Waals surface area contributed by atoms with Crippen molar-refractivity contribution in [3.8, 4) is 5.75 Å². The highest BCUT2D eigenvalue weighted by atomic mass is 32.2. The van der Waals surface area contributed by atoms with Crippen LogP contribution in [0.3, 0.4) is 0 Å². The average molecular weight is 380 g/mol. The molecule has 136 valence electrons. The fourth-order valence-corrected chi connectivity index (χ4v) is 3.53. The predicted octanol–water partition coefficient (Wildman–Crippen LogP) is 3.96. The molecule has 0 aliphatic heterocycles. The lowest BCUT2D eigenvalue weighted by molar-refractivity contribution is 0.474. The zero-order chi connectivity index (χ0) is 19.1. The number of hydrogen-bond acceptors (Lipinski definition) is 5. The number of rotatable bonds is 4. The van der Waals surface area contributed by atoms with Gasteiger partial charge < -0.3 is 8.60 Å². The van der Waals surface area contributed by atoms with Gasteiger partial charge in [-0.3, -0.25) is 0 Å². The van der Waals surface area contributed by atoms with Crippen molar-refractivity contribution in [2.24, 2.45) is 0 Å². The van der Waals surface area contributed by atoms with Gasteiger partial charge in [0.15, 0.2) is 0 Å². The molecule has 0 atom stereocenters. The van der Waals surface area contributed by atoms with E-state index in [1.54, 1.807) is 6.07 Å². The molecule has 1 heterocycles. The molecule has 0 spiro atoms. The zero-order valence-corrected chi connectivity index (χ0v) is 14.6. The van der Waals surface area contributed by atoms with Gasteiger partial charge >= 0.3 is 15.7 Å². The highest BCUT2D eigenvalue weighted by molar-refractivity contribution is 7.87. The lowest BCUT2D eigenvalue weighted by atomic mass is 10.00. The molecule has 0 bridgehead atoms. The summed E-state index contributed by atoms with van der Waals surface area (Å²) in [4.78, 5) is 10.9. The molecule has 0 saturated heterocycles. The molecule has 0 fully saturated rings. The van der Waals surface area contributed by atoms with Gasteiger partial charge in [-0.1, -0.05) is 13.8 Å². The normalized spacial score (nSPS) is 11.9. The Morgan fingerprint density at radius 1 is 1.04 bits per heavy atom. The SMILES string of the molecule is CC(C)c1cc(=O)oc2cc(OS(=O)(=O)c3ccc(F)cc3F)ccc12. The minimum atomic E-state index is -4.53. The van der Waals surface area contributed by atoms with Crippen LogP contribution in [0.15, 0.2) is 56.6 Å². The molecule has 1 aromatic heterocycles. The number of benzene rings is 2. The maximum absolute atomic E-state index is 13.7. The van der Waals surface area contributed by atoms with Crippen molar-refractivity contribution in [3.05, 3.63) is 70.1 Å². The molecule has 0 radical (unpaired) electrons. The summed E-state index contributed by atoms with van der Waals surface area (Å²) in [7, 11) is -4.53. The Morgan fingerprint density at radius 3 is 2.42 bits per heavy atom. The van der Waals surface area contributed by atoms with Crippen LogP contribution in [0.25, 0.3) is 11.0 Å². The Kier molecular flexibility index (Phi) is 4.53. The zero-order valence-electron chi connectivity index (χ0n) is 13.8. The Balaban J connectivity index is 2.05. The average Bonchev–Trinajstić information content (AvgIpc) is 2.52. The van der Waals surface area contributed by atoms with E-state index in [2.05, 4.69) is 0 Å². The van der Waals surface area contributed by atoms with Crippen LogP contribution in [0.4, 0.5) is 8.78 Å². The molecule has 3 rings (SSSR count). The maximum Gasteiger partial charge on any atom is 0.342 e. The van der Waals surface area contributed by atoms with Gasteiger partial charge in [-0.2, -0.15) is 8.42 Å². The summed E-state index contributed by atoms with van der Waals surface area (Å²) in [6.07, 6.45) is 0. The van der Waals surface area contributed by atoms with Gasteiger partial charge in [0.1, 0.15) is 27.9 Å². The second kappa shape index (κ2) is 6.53. The van der Waals surface area contributed by atoms with E-state index in [9.17, 15) is 22.0 Å². The van der Waals surface area contributed by atoms with Crippen LogP contribution < -0.4 is 9.81 Å². The molecule has 0 unspecified atom stereocenters. The van der Waals surface area contributed by atoms with Gasteiger partial charge in [0, 0.05) is 23.6 Å². The molecule has 8 heteroatoms. The van der Waals surface area contributed by atoms with E-state index < -0.39 is 32.3 Å². The van der Waals surface area contributed by atoms with Crippen LogP contribution in [0.2, 0.25) is 0 Å². The number of hydrogen-bond donors (Lipinski definition) is 0. The van der Waals surface area contributed by atoms with Crippen molar-refractivity contribution >= 4 is 21.1 Å². The standard InChI is InChI=1S/C18H14F2O5S/c1-10(2)14-9-18(21)24-16-8-12(4-5-13(14)16)25-26(22,23)17-6-3-11(19)7-15(17)20/h3-10H,1-2H3. The third-order valence-corrected chi connectivity index (χ3v) is 5.02. The molecular formula is C18H14F2O5S. The molecule has 0 N–H and O–H groups in total. The molecule has 0 aliphatic rings. The fraction of sp³-hybridized carbons (Fsp3) is 0.167. The Hall–Kier alpha value is -2.74. The third kappa shape index (κ3) is 3.45. The first-order valence-electron chi connectivity index (χ1n) is 7.65. The van der Waals surface area contributed by atoms with E-state index in [0.717, 1.165) is 17.7 Å². The summed E-state index contributed by atoms with van der Waals surface area (Å²) in [5.74, 6) is -2.29. The van der Waals surface area contributed by atoms with Gasteiger partial charge in [0.25, 0.3) is 0 Å². The van der Waals surface area contributed by atoms with E-state index in [-0.39, 0.29) is 17.3 Å². The van der Waals surface area contributed by atoms with Crippen LogP contribution >= 0.6 is 0 Å². The van der Waals surface area contributed by atoms with Crippen LogP contribution in [-0.4, -0.2) is 8.42 Å². The first-order valence-corrected chi connectivity index (χ1v) is 9.05. The Bertz CT molecular complexity index is 1150. The summed E-state index contributed by atoms with van der Waals surface area (Å²) in [6.45, 7) is 3.81. The lowest BCUT2D eigenvalue weighted by Gasteiger charge is -2.11. The highest BCUT2D eigenvalue weighted by Crippen LogP contribution is 2.29. The largest absolute Gasteiger partial charge is 0.423 e. The fourth-order valence-electron chi connectivity index (χ4n) is 2.55. The number of halogens is 2. The van der Waals surface area contributed by atoms with E-state index >= 15 is 0 Å². The van der Waals surface area contributed by atoms with Crippen LogP contribution in [0.1, 0.15) is 25.3 Å². The van der Waals surface area contributed by atoms with Gasteiger partial charge in [-0.05, 0) is 35.7 Å². The summed E-state index contributed by atoms with van der Waals surface area (Å²) in [5, 5.41) is 0.636. The second-order valence-corrected chi connectivity index (χ2v) is 7.46. The molecule has 0 saturated carbocycles. The first-order chi connectivity index (χ1) is 12.2. The molecule has 0 aliphatic carbocycles. The quantitative estimate of drug-likeness (QED) is 0.506. The second-order valence-electron chi connectivity index (χ2n) is 5.95.